The Kier molecular flexibility index (Phi) is 5.21. The lowest BCUT2D eigenvalue weighted by molar-refractivity contribution is -0.143. The monoisotopic (exact) mass is 339 g/mol. The zero-order chi connectivity index (χ0) is 17.8. The van der Waals surface area contributed by atoms with E-state index < -0.39 is 40.8 Å². The fraction of sp³-hybridized carbons (Fsp3) is 0.250. The molecule has 124 valence electrons. The molecule has 11 heteroatoms. The number of nitrogens with zero attached hydrogens (tertiary/aromatic N) is 2. The van der Waals surface area contributed by atoms with Gasteiger partial charge in [-0.3, -0.25) is 5.43 Å². The summed E-state index contributed by atoms with van der Waals surface area (Å²) in [6.45, 7) is 0. The first kappa shape index (κ1) is 18.3. The van der Waals surface area contributed by atoms with Crippen molar-refractivity contribution >= 4 is 17.4 Å². The molecule has 0 fully saturated rings. The number of alkyl halides is 6. The van der Waals surface area contributed by atoms with E-state index in [0.29, 0.717) is 12.1 Å². The third-order valence-corrected chi connectivity index (χ3v) is 2.37. The van der Waals surface area contributed by atoms with E-state index >= 15 is 0 Å². The van der Waals surface area contributed by atoms with Gasteiger partial charge in [0.2, 0.25) is 5.71 Å². The van der Waals surface area contributed by atoms with Crippen molar-refractivity contribution in [2.45, 2.75) is 12.4 Å². The van der Waals surface area contributed by atoms with Crippen molar-refractivity contribution in [3.63, 3.8) is 0 Å². The molecule has 0 radical (unpaired) electrons. The van der Waals surface area contributed by atoms with E-state index in [2.05, 4.69) is 9.84 Å². The number of hydrogen-bond acceptors (Lipinski definition) is 5. The number of halogens is 6. The van der Waals surface area contributed by atoms with E-state index in [9.17, 15) is 31.1 Å². The number of benzene rings is 1. The van der Waals surface area contributed by atoms with Gasteiger partial charge in [-0.2, -0.15) is 36.7 Å². The van der Waals surface area contributed by atoms with E-state index in [-0.39, 0.29) is 6.07 Å². The van der Waals surface area contributed by atoms with Gasteiger partial charge in [0.05, 0.1) is 23.9 Å². The van der Waals surface area contributed by atoms with Gasteiger partial charge in [0, 0.05) is 0 Å². The van der Waals surface area contributed by atoms with Crippen molar-refractivity contribution in [2.24, 2.45) is 5.10 Å². The van der Waals surface area contributed by atoms with Gasteiger partial charge in [-0.15, -0.1) is 0 Å². The van der Waals surface area contributed by atoms with Crippen molar-refractivity contribution in [1.82, 2.24) is 0 Å². The second-order valence-corrected chi connectivity index (χ2v) is 3.97. The summed E-state index contributed by atoms with van der Waals surface area (Å²) < 4.78 is 79.9. The number of methoxy groups -OCH3 is 1. The van der Waals surface area contributed by atoms with Crippen LogP contribution in [0.3, 0.4) is 0 Å². The van der Waals surface area contributed by atoms with Crippen molar-refractivity contribution in [3.05, 3.63) is 29.3 Å². The normalized spacial score (nSPS) is 12.5. The largest absolute Gasteiger partial charge is 0.464 e. The van der Waals surface area contributed by atoms with E-state index in [1.165, 1.54) is 6.07 Å². The molecule has 0 amide bonds. The number of nitriles is 1. The standard InChI is InChI=1S/C12H7F6N3O2/c1-23-10(22)9(5-19)21-20-8-3-6(11(13,14)15)2-7(4-8)12(16,17)18/h2-4,20H,1H3. The maximum absolute atomic E-state index is 12.6. The number of nitrogens with one attached hydrogen (secondary N) is 1. The quantitative estimate of drug-likeness (QED) is 0.397. The number of rotatable bonds is 3. The van der Waals surface area contributed by atoms with Crippen LogP contribution in [0.1, 0.15) is 11.1 Å². The van der Waals surface area contributed by atoms with Crippen LogP contribution in [0.15, 0.2) is 23.3 Å². The summed E-state index contributed by atoms with van der Waals surface area (Å²) >= 11 is 0. The number of carbonyl (C=O) groups is 1. The summed E-state index contributed by atoms with van der Waals surface area (Å²) in [7, 11) is 0.918. The average molecular weight is 339 g/mol. The number of ether oxygens (including phenoxy) is 1. The molecule has 0 heterocycles. The Morgan fingerprint density at radius 1 is 1.13 bits per heavy atom. The second-order valence-electron chi connectivity index (χ2n) is 3.97. The molecular weight excluding hydrogens is 332 g/mol. The van der Waals surface area contributed by atoms with Crippen LogP contribution < -0.4 is 5.43 Å². The Morgan fingerprint density at radius 3 is 1.96 bits per heavy atom. The molecule has 0 saturated heterocycles. The predicted molar refractivity (Wildman–Crippen MR) is 65.1 cm³/mol. The second kappa shape index (κ2) is 6.55. The summed E-state index contributed by atoms with van der Waals surface area (Å²) in [5.41, 5.74) is -2.92. The third-order valence-electron chi connectivity index (χ3n) is 2.37. The molecule has 0 aromatic heterocycles. The highest BCUT2D eigenvalue weighted by atomic mass is 19.4. The number of carbonyl (C=O) groups excluding carboxylic acids is 1. The third kappa shape index (κ3) is 4.87. The Bertz CT molecular complexity index is 641. The zero-order valence-electron chi connectivity index (χ0n) is 11.2. The van der Waals surface area contributed by atoms with Gasteiger partial charge in [0.15, 0.2) is 0 Å². The minimum Gasteiger partial charge on any atom is -0.464 e. The summed E-state index contributed by atoms with van der Waals surface area (Å²) in [4.78, 5) is 11.0. The minimum atomic E-state index is -5.03. The Morgan fingerprint density at radius 2 is 1.61 bits per heavy atom. The van der Waals surface area contributed by atoms with Gasteiger partial charge in [0.25, 0.3) is 0 Å². The molecule has 0 aliphatic carbocycles. The fourth-order valence-electron chi connectivity index (χ4n) is 1.35. The highest BCUT2D eigenvalue weighted by Crippen LogP contribution is 2.37. The lowest BCUT2D eigenvalue weighted by Gasteiger charge is -2.13. The van der Waals surface area contributed by atoms with Crippen LogP contribution in [0.4, 0.5) is 32.0 Å². The van der Waals surface area contributed by atoms with Crippen LogP contribution >= 0.6 is 0 Å². The summed E-state index contributed by atoms with van der Waals surface area (Å²) in [6.07, 6.45) is -10.1. The highest BCUT2D eigenvalue weighted by molar-refractivity contribution is 6.43. The highest BCUT2D eigenvalue weighted by Gasteiger charge is 2.36. The van der Waals surface area contributed by atoms with Crippen LogP contribution in [0.25, 0.3) is 0 Å². The Balaban J connectivity index is 3.29. The van der Waals surface area contributed by atoms with E-state index in [1.807, 2.05) is 0 Å². The summed E-state index contributed by atoms with van der Waals surface area (Å²) in [5.74, 6) is -1.21. The molecule has 0 aliphatic heterocycles. The average Bonchev–Trinajstić information content (AvgIpc) is 2.45. The predicted octanol–water partition coefficient (Wildman–Crippen LogP) is 3.19. The zero-order valence-corrected chi connectivity index (χ0v) is 11.2. The van der Waals surface area contributed by atoms with Crippen LogP contribution in [-0.4, -0.2) is 18.8 Å². The van der Waals surface area contributed by atoms with Gasteiger partial charge in [-0.25, -0.2) is 4.79 Å². The molecule has 5 nitrogen and oxygen atoms in total. The van der Waals surface area contributed by atoms with Crippen LogP contribution in [0.2, 0.25) is 0 Å². The maximum atomic E-state index is 12.6. The van der Waals surface area contributed by atoms with Gasteiger partial charge < -0.3 is 4.74 Å². The number of hydrazone groups is 1. The van der Waals surface area contributed by atoms with Gasteiger partial charge in [0.1, 0.15) is 6.07 Å². The van der Waals surface area contributed by atoms with Crippen molar-refractivity contribution in [1.29, 1.82) is 5.26 Å². The lowest BCUT2D eigenvalue weighted by Crippen LogP contribution is -2.16. The van der Waals surface area contributed by atoms with Crippen LogP contribution in [0.5, 0.6) is 0 Å². The molecule has 1 rings (SSSR count). The van der Waals surface area contributed by atoms with Crippen molar-refractivity contribution < 1.29 is 35.9 Å². The molecule has 1 N–H and O–H groups in total. The first-order chi connectivity index (χ1) is 10.5. The lowest BCUT2D eigenvalue weighted by atomic mass is 10.1. The fourth-order valence-corrected chi connectivity index (χ4v) is 1.35. The Hall–Kier alpha value is -2.77. The Labute approximate surface area is 125 Å². The molecule has 0 spiro atoms. The van der Waals surface area contributed by atoms with E-state index in [1.54, 1.807) is 5.43 Å². The molecule has 0 aliphatic rings. The number of anilines is 1. The van der Waals surface area contributed by atoms with Gasteiger partial charge in [-0.1, -0.05) is 0 Å². The van der Waals surface area contributed by atoms with E-state index in [0.717, 1.165) is 7.11 Å². The molecule has 0 unspecified atom stereocenters. The summed E-state index contributed by atoms with van der Waals surface area (Å²) in [6, 6.07) is 1.92. The number of hydrogen-bond donors (Lipinski definition) is 1. The molecule has 0 saturated carbocycles. The molecule has 0 bridgehead atoms. The number of esters is 1. The summed E-state index contributed by atoms with van der Waals surface area (Å²) in [5, 5.41) is 11.7. The molecule has 1 aromatic rings. The van der Waals surface area contributed by atoms with Gasteiger partial charge in [-0.05, 0) is 18.2 Å². The van der Waals surface area contributed by atoms with Gasteiger partial charge >= 0.3 is 18.3 Å². The van der Waals surface area contributed by atoms with Crippen molar-refractivity contribution in [2.75, 3.05) is 12.5 Å². The molecule has 1 aromatic carbocycles. The molecule has 23 heavy (non-hydrogen) atoms. The SMILES string of the molecule is COC(=O)C(C#N)=NNc1cc(C(F)(F)F)cc(C(F)(F)F)c1. The van der Waals surface area contributed by atoms with Crippen LogP contribution in [-0.2, 0) is 21.9 Å². The van der Waals surface area contributed by atoms with E-state index in [4.69, 9.17) is 5.26 Å². The van der Waals surface area contributed by atoms with Crippen molar-refractivity contribution in [3.8, 4) is 6.07 Å². The minimum absolute atomic E-state index is 0.0690. The smallest absolute Gasteiger partial charge is 0.416 e. The topological polar surface area (TPSA) is 74.5 Å². The first-order valence-electron chi connectivity index (χ1n) is 5.60. The first-order valence-corrected chi connectivity index (χ1v) is 5.60. The van der Waals surface area contributed by atoms with Crippen LogP contribution in [0, 0.1) is 11.3 Å². The molecule has 0 atom stereocenters. The molecular formula is C12H7F6N3O2. The maximum Gasteiger partial charge on any atom is 0.416 e.